The third-order valence-electron chi connectivity index (χ3n) is 9.63. The maximum Gasteiger partial charge on any atom is 0.407 e. The summed E-state index contributed by atoms with van der Waals surface area (Å²) in [6.45, 7) is 11.3. The smallest absolute Gasteiger partial charge is 0.407 e. The van der Waals surface area contributed by atoms with Crippen molar-refractivity contribution in [2.75, 3.05) is 40.4 Å². The average Bonchev–Trinajstić information content (AvgIpc) is 3.11. The molecule has 0 fully saturated rings. The largest absolute Gasteiger partial charge is 0.461 e. The molecule has 8 nitrogen and oxygen atoms in total. The Morgan fingerprint density at radius 2 is 1.04 bits per heavy atom. The molecule has 0 aliphatic heterocycles. The van der Waals surface area contributed by atoms with Crippen molar-refractivity contribution in [2.24, 2.45) is 11.8 Å². The molecule has 0 saturated carbocycles. The number of carbonyl (C=O) groups is 3. The van der Waals surface area contributed by atoms with Gasteiger partial charge in [0.25, 0.3) is 0 Å². The average molecular weight is 749 g/mol. The molecule has 0 aromatic carbocycles. The van der Waals surface area contributed by atoms with Crippen molar-refractivity contribution < 1.29 is 28.6 Å². The zero-order valence-electron chi connectivity index (χ0n) is 35.4. The van der Waals surface area contributed by atoms with Crippen molar-refractivity contribution >= 4 is 18.0 Å². The summed E-state index contributed by atoms with van der Waals surface area (Å²) >= 11 is 0. The first-order valence-electron chi connectivity index (χ1n) is 21.9. The van der Waals surface area contributed by atoms with Gasteiger partial charge in [-0.3, -0.25) is 9.59 Å². The number of rotatable bonds is 37. The van der Waals surface area contributed by atoms with E-state index < -0.39 is 0 Å². The number of esters is 2. The van der Waals surface area contributed by atoms with Crippen molar-refractivity contribution in [3.8, 4) is 0 Å². The van der Waals surface area contributed by atoms with Gasteiger partial charge < -0.3 is 24.4 Å². The fourth-order valence-electron chi connectivity index (χ4n) is 6.70. The van der Waals surface area contributed by atoms with Gasteiger partial charge in [-0.1, -0.05) is 129 Å². The molecule has 0 aliphatic rings. The summed E-state index contributed by atoms with van der Waals surface area (Å²) in [6.07, 6.45) is 33.5. The number of amides is 1. The maximum atomic E-state index is 12.8. The second-order valence-corrected chi connectivity index (χ2v) is 15.7. The fourth-order valence-corrected chi connectivity index (χ4v) is 6.70. The Balaban J connectivity index is 4.39. The van der Waals surface area contributed by atoms with E-state index in [0.29, 0.717) is 44.4 Å². The first-order chi connectivity index (χ1) is 25.7. The summed E-state index contributed by atoms with van der Waals surface area (Å²) in [5.74, 6) is 0.732. The number of alkyl carbamates (subject to hydrolysis) is 1. The monoisotopic (exact) mass is 749 g/mol. The SMILES string of the molecule is CCCCCC/C=C\COC(=O)CCCCCCCC(CCCCCCCC(=O)OC/C=C\CCCCCC)OC(=O)NCC(C)CC(C)CN(C)C. The lowest BCUT2D eigenvalue weighted by Crippen LogP contribution is -2.33. The number of hydrogen-bond donors (Lipinski definition) is 1. The summed E-state index contributed by atoms with van der Waals surface area (Å²) < 4.78 is 16.6. The highest BCUT2D eigenvalue weighted by atomic mass is 16.6. The first-order valence-corrected chi connectivity index (χ1v) is 21.9. The van der Waals surface area contributed by atoms with E-state index in [1.54, 1.807) is 0 Å². The molecule has 0 rings (SSSR count). The van der Waals surface area contributed by atoms with E-state index in [1.807, 2.05) is 12.2 Å². The maximum absolute atomic E-state index is 12.8. The molecule has 2 atom stereocenters. The predicted molar refractivity (Wildman–Crippen MR) is 222 cm³/mol. The van der Waals surface area contributed by atoms with Gasteiger partial charge in [0.05, 0.1) is 0 Å². The highest BCUT2D eigenvalue weighted by Crippen LogP contribution is 2.18. The number of carbonyl (C=O) groups excluding carboxylic acids is 3. The molecule has 0 heterocycles. The molecule has 1 amide bonds. The number of nitrogens with one attached hydrogen (secondary N) is 1. The molecule has 53 heavy (non-hydrogen) atoms. The van der Waals surface area contributed by atoms with Gasteiger partial charge >= 0.3 is 18.0 Å². The molecule has 0 spiro atoms. The topological polar surface area (TPSA) is 94.2 Å². The Bertz CT molecular complexity index is 869. The zero-order chi connectivity index (χ0) is 39.2. The second kappa shape index (κ2) is 37.9. The number of hydrogen-bond acceptors (Lipinski definition) is 7. The van der Waals surface area contributed by atoms with Crippen LogP contribution in [0.15, 0.2) is 24.3 Å². The van der Waals surface area contributed by atoms with Gasteiger partial charge in [-0.2, -0.15) is 0 Å². The summed E-state index contributed by atoms with van der Waals surface area (Å²) in [6, 6.07) is 0. The lowest BCUT2D eigenvalue weighted by Gasteiger charge is -2.22. The minimum absolute atomic E-state index is 0.0951. The number of unbranched alkanes of at least 4 members (excludes halogenated alkanes) is 16. The minimum Gasteiger partial charge on any atom is -0.461 e. The molecule has 0 aromatic rings. The zero-order valence-corrected chi connectivity index (χ0v) is 35.4. The Morgan fingerprint density at radius 3 is 1.51 bits per heavy atom. The predicted octanol–water partition coefficient (Wildman–Crippen LogP) is 11.9. The van der Waals surface area contributed by atoms with Gasteiger partial charge in [0.2, 0.25) is 0 Å². The highest BCUT2D eigenvalue weighted by molar-refractivity contribution is 5.69. The number of nitrogens with zero attached hydrogens (tertiary/aromatic N) is 1. The number of allylic oxidation sites excluding steroid dienone is 2. The molecule has 0 saturated heterocycles. The molecule has 8 heteroatoms. The Morgan fingerprint density at radius 1 is 0.585 bits per heavy atom. The van der Waals surface area contributed by atoms with Crippen LogP contribution in [0.2, 0.25) is 0 Å². The lowest BCUT2D eigenvalue weighted by atomic mass is 9.97. The summed E-state index contributed by atoms with van der Waals surface area (Å²) in [5, 5.41) is 3.02. The van der Waals surface area contributed by atoms with Gasteiger partial charge in [0.15, 0.2) is 0 Å². The van der Waals surface area contributed by atoms with Crippen molar-refractivity contribution in [1.29, 1.82) is 0 Å². The van der Waals surface area contributed by atoms with E-state index in [0.717, 1.165) is 103 Å². The van der Waals surface area contributed by atoms with Crippen LogP contribution >= 0.6 is 0 Å². The van der Waals surface area contributed by atoms with E-state index in [9.17, 15) is 14.4 Å². The van der Waals surface area contributed by atoms with E-state index in [4.69, 9.17) is 14.2 Å². The Labute approximate surface area is 327 Å². The molecule has 1 N–H and O–H groups in total. The molecular weight excluding hydrogens is 665 g/mol. The van der Waals surface area contributed by atoms with Gasteiger partial charge in [0, 0.05) is 25.9 Å². The van der Waals surface area contributed by atoms with Crippen molar-refractivity contribution in [1.82, 2.24) is 10.2 Å². The van der Waals surface area contributed by atoms with E-state index in [-0.39, 0.29) is 24.1 Å². The summed E-state index contributed by atoms with van der Waals surface area (Å²) in [5.41, 5.74) is 0. The fraction of sp³-hybridized carbons (Fsp3) is 0.844. The van der Waals surface area contributed by atoms with Crippen LogP contribution in [-0.2, 0) is 23.8 Å². The third kappa shape index (κ3) is 37.7. The molecule has 0 radical (unpaired) electrons. The number of ether oxygens (including phenoxy) is 3. The van der Waals surface area contributed by atoms with Gasteiger partial charge in [-0.15, -0.1) is 0 Å². The Hall–Kier alpha value is -2.35. The molecular formula is C45H84N2O6. The van der Waals surface area contributed by atoms with E-state index in [2.05, 4.69) is 64.2 Å². The van der Waals surface area contributed by atoms with Crippen LogP contribution in [0.4, 0.5) is 4.79 Å². The normalized spacial score (nSPS) is 12.9. The van der Waals surface area contributed by atoms with Gasteiger partial charge in [-0.05, 0) is 96.6 Å². The van der Waals surface area contributed by atoms with Crippen LogP contribution < -0.4 is 5.32 Å². The quantitative estimate of drug-likeness (QED) is 0.0292. The van der Waals surface area contributed by atoms with Crippen molar-refractivity contribution in [2.45, 2.75) is 194 Å². The molecule has 0 aromatic heterocycles. The molecule has 310 valence electrons. The van der Waals surface area contributed by atoms with E-state index >= 15 is 0 Å². The van der Waals surface area contributed by atoms with Crippen LogP contribution in [0.5, 0.6) is 0 Å². The van der Waals surface area contributed by atoms with Crippen molar-refractivity contribution in [3.63, 3.8) is 0 Å². The van der Waals surface area contributed by atoms with Crippen LogP contribution in [0.3, 0.4) is 0 Å². The van der Waals surface area contributed by atoms with Crippen LogP contribution in [0.25, 0.3) is 0 Å². The highest BCUT2D eigenvalue weighted by Gasteiger charge is 2.16. The minimum atomic E-state index is -0.309. The van der Waals surface area contributed by atoms with E-state index in [1.165, 1.54) is 51.4 Å². The van der Waals surface area contributed by atoms with Crippen LogP contribution in [-0.4, -0.2) is 69.4 Å². The first kappa shape index (κ1) is 50.6. The summed E-state index contributed by atoms with van der Waals surface area (Å²) in [7, 11) is 4.19. The van der Waals surface area contributed by atoms with Gasteiger partial charge in [-0.25, -0.2) is 4.79 Å². The van der Waals surface area contributed by atoms with Crippen LogP contribution in [0.1, 0.15) is 188 Å². The Kier molecular flexibility index (Phi) is 36.3. The standard InChI is InChI=1S/C45H84N2O6/c1-7-9-11-13-15-23-29-35-51-43(48)33-27-21-17-19-25-31-42(53-45(50)46-38-40(3)37-41(4)39-47(5)6)32-26-20-18-22-28-34-44(49)52-36-30-24-16-14-12-10-8-2/h23-24,29-30,40-42H,7-22,25-28,31-39H2,1-6H3,(H,46,50)/b29-23-,30-24-. The summed E-state index contributed by atoms with van der Waals surface area (Å²) in [4.78, 5) is 39.1. The molecule has 2 unspecified atom stereocenters. The third-order valence-corrected chi connectivity index (χ3v) is 9.63. The van der Waals surface area contributed by atoms with Crippen molar-refractivity contribution in [3.05, 3.63) is 24.3 Å². The molecule has 0 bridgehead atoms. The van der Waals surface area contributed by atoms with Gasteiger partial charge in [0.1, 0.15) is 19.3 Å². The molecule has 0 aliphatic carbocycles. The lowest BCUT2D eigenvalue weighted by molar-refractivity contribution is -0.143. The van der Waals surface area contributed by atoms with Crippen LogP contribution in [0, 0.1) is 11.8 Å². The second-order valence-electron chi connectivity index (χ2n) is 15.7.